The molecule has 0 N–H and O–H groups in total. The van der Waals surface area contributed by atoms with Crippen LogP contribution >= 0.6 is 0 Å². The van der Waals surface area contributed by atoms with Crippen molar-refractivity contribution in [3.63, 3.8) is 0 Å². The molecule has 1 aromatic rings. The van der Waals surface area contributed by atoms with Crippen LogP contribution in [0.4, 0.5) is 0 Å². The fourth-order valence-electron chi connectivity index (χ4n) is 0.739. The van der Waals surface area contributed by atoms with Crippen molar-refractivity contribution >= 4 is 10.2 Å². The molecule has 1 heterocycles. The molecule has 0 aliphatic carbocycles. The Morgan fingerprint density at radius 2 is 2.38 bits per heavy atom. The quantitative estimate of drug-likeness (QED) is 0.780. The minimum atomic E-state index is 0.854. The van der Waals surface area contributed by atoms with Gasteiger partial charge < -0.3 is 0 Å². The van der Waals surface area contributed by atoms with Crippen LogP contribution in [0.2, 0.25) is 0 Å². The van der Waals surface area contributed by atoms with Gasteiger partial charge in [-0.1, -0.05) is 0 Å². The Bertz CT molecular complexity index is 310. The summed E-state index contributed by atoms with van der Waals surface area (Å²) in [6, 6.07) is 3.77. The van der Waals surface area contributed by atoms with Gasteiger partial charge in [0.2, 0.25) is 0 Å². The molecule has 68 valence electrons. The first-order chi connectivity index (χ1) is 6.33. The minimum absolute atomic E-state index is 0.854. The van der Waals surface area contributed by atoms with Crippen LogP contribution in [-0.4, -0.2) is 11.2 Å². The molecule has 0 saturated heterocycles. The number of furan rings is 1. The molecule has 1 aromatic heterocycles. The summed E-state index contributed by atoms with van der Waals surface area (Å²) in [5.41, 5.74) is 0. The van der Waals surface area contributed by atoms with E-state index in [4.69, 9.17) is 9.15 Å². The molecule has 0 aliphatic heterocycles. The first-order valence-electron chi connectivity index (χ1n) is 3.79. The number of allylic oxidation sites excluding steroid dienone is 2. The Hall–Kier alpha value is -0.722. The van der Waals surface area contributed by atoms with Crippen molar-refractivity contribution < 1.29 is 28.5 Å². The maximum absolute atomic E-state index is 5.11. The predicted molar refractivity (Wildman–Crippen MR) is 48.9 cm³/mol. The zero-order valence-electron chi connectivity index (χ0n) is 7.27. The van der Waals surface area contributed by atoms with E-state index in [0.717, 1.165) is 9.84 Å². The summed E-state index contributed by atoms with van der Waals surface area (Å²) in [4.78, 5) is 0. The van der Waals surface area contributed by atoms with Gasteiger partial charge >= 0.3 is 88.2 Å². The zero-order chi connectivity index (χ0) is 9.52. The Labute approximate surface area is 88.3 Å². The average Bonchev–Trinajstić information content (AvgIpc) is 2.64. The van der Waals surface area contributed by atoms with E-state index in [9.17, 15) is 0 Å². The van der Waals surface area contributed by atoms with Gasteiger partial charge in [-0.25, -0.2) is 0 Å². The molecule has 0 amide bonds. The molecule has 0 fully saturated rings. The van der Waals surface area contributed by atoms with Crippen LogP contribution in [0.5, 0.6) is 0 Å². The van der Waals surface area contributed by atoms with E-state index in [1.807, 2.05) is 36.4 Å². The first kappa shape index (κ1) is 10.4. The molecule has 0 saturated carbocycles. The van der Waals surface area contributed by atoms with Crippen LogP contribution in [0, 0.1) is 0 Å². The molecule has 0 aliphatic rings. The molecule has 0 aromatic carbocycles. The van der Waals surface area contributed by atoms with E-state index in [0.29, 0.717) is 0 Å². The average molecular weight is 346 g/mol. The van der Waals surface area contributed by atoms with Gasteiger partial charge in [0.15, 0.2) is 0 Å². The maximum atomic E-state index is 5.11. The number of hydrogen-bond donors (Lipinski definition) is 0. The predicted octanol–water partition coefficient (Wildman–Crippen LogP) is 2.17. The van der Waals surface area contributed by atoms with E-state index in [1.54, 1.807) is 13.4 Å². The summed E-state index contributed by atoms with van der Waals surface area (Å²) in [6.45, 7) is 0. The monoisotopic (exact) mass is 346 g/mol. The van der Waals surface area contributed by atoms with Gasteiger partial charge in [-0.15, -0.1) is 0 Å². The van der Waals surface area contributed by atoms with Crippen molar-refractivity contribution in [1.82, 2.24) is 0 Å². The second kappa shape index (κ2) is 5.84. The standard InChI is InChI=1S/C10H10O2.W/c1-11-8-4-2-3-6-10-7-5-9-12-10;/h2-7,9H,1H3;/b4-2+,6-3+;. The summed E-state index contributed by atoms with van der Waals surface area (Å²) >= 11 is 1.32. The molecule has 0 radical (unpaired) electrons. The molecule has 13 heavy (non-hydrogen) atoms. The van der Waals surface area contributed by atoms with Crippen molar-refractivity contribution in [2.45, 2.75) is 0 Å². The van der Waals surface area contributed by atoms with E-state index in [2.05, 4.69) is 0 Å². The van der Waals surface area contributed by atoms with Gasteiger partial charge in [-0.05, 0) is 0 Å². The number of hydrogen-bond acceptors (Lipinski definition) is 2. The van der Waals surface area contributed by atoms with Crippen molar-refractivity contribution in [1.29, 1.82) is 0 Å². The van der Waals surface area contributed by atoms with Gasteiger partial charge in [-0.3, -0.25) is 0 Å². The fraction of sp³-hybridized carbons (Fsp3) is 0.100. The van der Waals surface area contributed by atoms with Gasteiger partial charge in [0.05, 0.1) is 0 Å². The van der Waals surface area contributed by atoms with E-state index < -0.39 is 0 Å². The number of ether oxygens (including phenoxy) is 1. The van der Waals surface area contributed by atoms with Crippen molar-refractivity contribution in [3.8, 4) is 0 Å². The Kier molecular flexibility index (Phi) is 4.66. The van der Waals surface area contributed by atoms with Gasteiger partial charge in [0.25, 0.3) is 0 Å². The molecule has 1 rings (SSSR count). The van der Waals surface area contributed by atoms with Crippen LogP contribution in [0.1, 0.15) is 5.76 Å². The third-order valence-corrected chi connectivity index (χ3v) is 2.44. The van der Waals surface area contributed by atoms with Crippen LogP contribution in [-0.2, 0) is 24.1 Å². The van der Waals surface area contributed by atoms with Crippen LogP contribution in [0.15, 0.2) is 41.0 Å². The first-order valence-corrected chi connectivity index (χ1v) is 5.26. The molecular weight excluding hydrogens is 336 g/mol. The van der Waals surface area contributed by atoms with Crippen LogP contribution < -0.4 is 0 Å². The molecule has 0 unspecified atom stereocenters. The Morgan fingerprint density at radius 1 is 1.54 bits per heavy atom. The zero-order valence-corrected chi connectivity index (χ0v) is 10.2. The Balaban J connectivity index is 2.42. The molecule has 3 heteroatoms. The van der Waals surface area contributed by atoms with Crippen molar-refractivity contribution in [2.24, 2.45) is 0 Å². The molecule has 0 spiro atoms. The van der Waals surface area contributed by atoms with Gasteiger partial charge in [0, 0.05) is 0 Å². The fourth-order valence-corrected chi connectivity index (χ4v) is 1.02. The second-order valence-corrected chi connectivity index (χ2v) is 3.70. The third-order valence-electron chi connectivity index (χ3n) is 1.35. The summed E-state index contributed by atoms with van der Waals surface area (Å²) < 4.78 is 11.1. The molecule has 2 nitrogen and oxygen atoms in total. The topological polar surface area (TPSA) is 22.4 Å². The van der Waals surface area contributed by atoms with Gasteiger partial charge in [-0.2, -0.15) is 0 Å². The number of rotatable bonds is 4. The molecule has 0 atom stereocenters. The van der Waals surface area contributed by atoms with Gasteiger partial charge in [0.1, 0.15) is 0 Å². The SMILES string of the molecule is CO[C](=[W])/C=C/C=C/c1ccco1. The summed E-state index contributed by atoms with van der Waals surface area (Å²) in [6.07, 6.45) is 9.32. The molecule has 0 bridgehead atoms. The normalized spacial score (nSPS) is 11.5. The third kappa shape index (κ3) is 4.16. The summed E-state index contributed by atoms with van der Waals surface area (Å²) in [7, 11) is 1.67. The van der Waals surface area contributed by atoms with E-state index in [-0.39, 0.29) is 0 Å². The summed E-state index contributed by atoms with van der Waals surface area (Å²) in [5.74, 6) is 0.854. The Morgan fingerprint density at radius 3 is 3.00 bits per heavy atom. The van der Waals surface area contributed by atoms with Crippen molar-refractivity contribution in [3.05, 3.63) is 42.4 Å². The van der Waals surface area contributed by atoms with Crippen LogP contribution in [0.25, 0.3) is 6.08 Å². The summed E-state index contributed by atoms with van der Waals surface area (Å²) in [5, 5.41) is 0. The van der Waals surface area contributed by atoms with Crippen molar-refractivity contribution in [2.75, 3.05) is 7.11 Å². The molecular formula is C10H10O2W. The van der Waals surface area contributed by atoms with E-state index >= 15 is 0 Å². The number of methoxy groups -OCH3 is 1. The van der Waals surface area contributed by atoms with Crippen LogP contribution in [0.3, 0.4) is 0 Å². The second-order valence-electron chi connectivity index (χ2n) is 2.26. The van der Waals surface area contributed by atoms with E-state index in [1.165, 1.54) is 19.4 Å².